The fourth-order valence-electron chi connectivity index (χ4n) is 5.21. The Morgan fingerprint density at radius 2 is 1.88 bits per heavy atom. The Labute approximate surface area is 200 Å². The number of aliphatic hydroxyl groups excluding tert-OH is 1. The summed E-state index contributed by atoms with van der Waals surface area (Å²) in [5.74, 6) is 0.577. The van der Waals surface area contributed by atoms with Gasteiger partial charge >= 0.3 is 6.03 Å². The molecule has 5 N–H and O–H groups in total. The first-order valence-corrected chi connectivity index (χ1v) is 12.3. The third-order valence-corrected chi connectivity index (χ3v) is 7.10. The molecule has 1 aromatic rings. The van der Waals surface area contributed by atoms with Gasteiger partial charge in [-0.3, -0.25) is 4.79 Å². The van der Waals surface area contributed by atoms with Gasteiger partial charge < -0.3 is 31.3 Å². The molecule has 1 aromatic carbocycles. The molecule has 0 spiro atoms. The molecule has 1 saturated carbocycles. The monoisotopic (exact) mass is 466 g/mol. The Kier molecular flexibility index (Phi) is 7.91. The van der Waals surface area contributed by atoms with Crippen LogP contribution in [0, 0.1) is 11.3 Å². The molecule has 1 atom stereocenters. The highest BCUT2D eigenvalue weighted by molar-refractivity contribution is 5.96. The molecule has 0 aromatic heterocycles. The summed E-state index contributed by atoms with van der Waals surface area (Å²) in [5.41, 5.74) is 3.65. The van der Waals surface area contributed by atoms with E-state index in [2.05, 4.69) is 33.4 Å². The highest BCUT2D eigenvalue weighted by atomic mass is 16.3. The molecule has 1 aliphatic carbocycles. The maximum Gasteiger partial charge on any atom is 0.317 e. The lowest BCUT2D eigenvalue weighted by Crippen LogP contribution is -2.44. The molecule has 1 unspecified atom stereocenters. The van der Waals surface area contributed by atoms with E-state index in [0.717, 1.165) is 31.4 Å². The van der Waals surface area contributed by atoms with Crippen LogP contribution in [0.2, 0.25) is 0 Å². The summed E-state index contributed by atoms with van der Waals surface area (Å²) in [6, 6.07) is 8.28. The van der Waals surface area contributed by atoms with E-state index < -0.39 is 6.17 Å². The first kappa shape index (κ1) is 23.9. The van der Waals surface area contributed by atoms with Crippen LogP contribution in [-0.2, 0) is 4.79 Å². The highest BCUT2D eigenvalue weighted by Gasteiger charge is 2.28. The van der Waals surface area contributed by atoms with E-state index in [9.17, 15) is 9.59 Å². The first-order valence-electron chi connectivity index (χ1n) is 12.3. The lowest BCUT2D eigenvalue weighted by Gasteiger charge is -2.33. The van der Waals surface area contributed by atoms with E-state index in [0.29, 0.717) is 30.6 Å². The number of likely N-dealkylation sites (tertiary alicyclic amines) is 1. The van der Waals surface area contributed by atoms with Gasteiger partial charge in [-0.25, -0.2) is 4.79 Å². The summed E-state index contributed by atoms with van der Waals surface area (Å²) in [6.07, 6.45) is 8.54. The average Bonchev–Trinajstić information content (AvgIpc) is 3.38. The number of hydrogen-bond donors (Lipinski definition) is 5. The fraction of sp³-hybridized carbons (Fsp3) is 0.560. The number of rotatable bonds is 6. The van der Waals surface area contributed by atoms with Gasteiger partial charge in [0.1, 0.15) is 11.8 Å². The van der Waals surface area contributed by atoms with E-state index in [4.69, 9.17) is 10.4 Å². The molecular weight excluding hydrogens is 432 g/mol. The van der Waals surface area contributed by atoms with E-state index in [-0.39, 0.29) is 25.1 Å². The Morgan fingerprint density at radius 3 is 2.56 bits per heavy atom. The Hall–Kier alpha value is -3.25. The van der Waals surface area contributed by atoms with Crippen LogP contribution < -0.4 is 21.3 Å². The van der Waals surface area contributed by atoms with Crippen LogP contribution >= 0.6 is 0 Å². The van der Waals surface area contributed by atoms with Gasteiger partial charge in [0.25, 0.3) is 5.91 Å². The van der Waals surface area contributed by atoms with Crippen molar-refractivity contribution in [2.75, 3.05) is 31.6 Å². The Balaban J connectivity index is 1.46. The van der Waals surface area contributed by atoms with Crippen molar-refractivity contribution in [3.05, 3.63) is 41.2 Å². The Bertz CT molecular complexity index is 958. The zero-order valence-electron chi connectivity index (χ0n) is 19.5. The summed E-state index contributed by atoms with van der Waals surface area (Å²) in [7, 11) is 0. The number of allylic oxidation sites excluding steroid dienone is 1. The number of hydrogen-bond acceptors (Lipinski definition) is 6. The normalized spacial score (nSPS) is 21.1. The largest absolute Gasteiger partial charge is 0.395 e. The minimum atomic E-state index is -0.658. The van der Waals surface area contributed by atoms with Crippen LogP contribution in [0.25, 0.3) is 0 Å². The molecule has 3 aliphatic rings. The molecule has 0 bridgehead atoms. The van der Waals surface area contributed by atoms with Gasteiger partial charge in [0.15, 0.2) is 6.17 Å². The van der Waals surface area contributed by atoms with E-state index >= 15 is 0 Å². The van der Waals surface area contributed by atoms with E-state index in [1.807, 2.05) is 17.0 Å². The number of piperidine rings is 1. The van der Waals surface area contributed by atoms with Gasteiger partial charge in [-0.2, -0.15) is 5.26 Å². The minimum absolute atomic E-state index is 0.0576. The van der Waals surface area contributed by atoms with Crippen molar-refractivity contribution in [1.82, 2.24) is 20.9 Å². The lowest BCUT2D eigenvalue weighted by atomic mass is 9.80. The molecule has 182 valence electrons. The fourth-order valence-corrected chi connectivity index (χ4v) is 5.21. The van der Waals surface area contributed by atoms with Gasteiger partial charge in [0, 0.05) is 31.5 Å². The average molecular weight is 467 g/mol. The summed E-state index contributed by atoms with van der Waals surface area (Å²) < 4.78 is 0. The molecule has 1 saturated heterocycles. The van der Waals surface area contributed by atoms with Crippen LogP contribution in [0.4, 0.5) is 10.5 Å². The molecule has 4 rings (SSSR count). The third kappa shape index (κ3) is 5.62. The topological polar surface area (TPSA) is 130 Å². The number of carbonyl (C=O) groups excluding carboxylic acids is 2. The molecule has 3 amide bonds. The van der Waals surface area contributed by atoms with Crippen molar-refractivity contribution < 1.29 is 14.7 Å². The number of amides is 3. The minimum Gasteiger partial charge on any atom is -0.395 e. The van der Waals surface area contributed by atoms with Crippen molar-refractivity contribution in [1.29, 1.82) is 5.26 Å². The zero-order valence-corrected chi connectivity index (χ0v) is 19.5. The summed E-state index contributed by atoms with van der Waals surface area (Å²) in [5, 5.41) is 29.5. The van der Waals surface area contributed by atoms with Crippen molar-refractivity contribution in [3.8, 4) is 6.07 Å². The summed E-state index contributed by atoms with van der Waals surface area (Å²) in [4.78, 5) is 26.8. The standard InChI is InChI=1S/C25H34N6O3/c26-15-20-16-28-23(29-20)24(33)30-22-7-6-19(14-21(22)18-4-2-1-3-5-18)17-8-11-31(12-9-17)25(34)27-10-13-32/h6-7,14,16-18,23,28-29,32H,1-5,8-13H2,(H,27,34)(H,30,33). The number of carbonyl (C=O) groups is 2. The maximum absolute atomic E-state index is 12.8. The van der Waals surface area contributed by atoms with Gasteiger partial charge in [-0.1, -0.05) is 31.4 Å². The van der Waals surface area contributed by atoms with Crippen LogP contribution in [-0.4, -0.2) is 54.4 Å². The summed E-state index contributed by atoms with van der Waals surface area (Å²) in [6.45, 7) is 1.59. The number of aliphatic hydroxyl groups is 1. The second kappa shape index (κ2) is 11.3. The van der Waals surface area contributed by atoms with Gasteiger partial charge in [-0.15, -0.1) is 0 Å². The zero-order chi connectivity index (χ0) is 23.9. The van der Waals surface area contributed by atoms with Gasteiger partial charge in [0.05, 0.1) is 6.61 Å². The van der Waals surface area contributed by atoms with Crippen molar-refractivity contribution in [2.24, 2.45) is 0 Å². The molecule has 2 heterocycles. The van der Waals surface area contributed by atoms with E-state index in [1.54, 1.807) is 0 Å². The number of benzene rings is 1. The molecule has 9 heteroatoms. The molecular formula is C25H34N6O3. The summed E-state index contributed by atoms with van der Waals surface area (Å²) >= 11 is 0. The molecule has 34 heavy (non-hydrogen) atoms. The maximum atomic E-state index is 12.8. The molecule has 9 nitrogen and oxygen atoms in total. The van der Waals surface area contributed by atoms with Crippen LogP contribution in [0.1, 0.15) is 67.9 Å². The molecule has 2 fully saturated rings. The smallest absolute Gasteiger partial charge is 0.317 e. The van der Waals surface area contributed by atoms with Crippen LogP contribution in [0.5, 0.6) is 0 Å². The second-order valence-electron chi connectivity index (χ2n) is 9.30. The number of urea groups is 1. The third-order valence-electron chi connectivity index (χ3n) is 7.10. The Morgan fingerprint density at radius 1 is 1.12 bits per heavy atom. The SMILES string of the molecule is N#CC1=CNC(C(=O)Nc2ccc(C3CCN(C(=O)NCCO)CC3)cc2C2CCCCC2)N1. The number of nitrogens with zero attached hydrogens (tertiary/aromatic N) is 2. The van der Waals surface area contributed by atoms with Gasteiger partial charge in [-0.05, 0) is 54.7 Å². The quantitative estimate of drug-likeness (QED) is 0.438. The van der Waals surface area contributed by atoms with Crippen molar-refractivity contribution >= 4 is 17.6 Å². The molecule has 2 aliphatic heterocycles. The number of anilines is 1. The predicted molar refractivity (Wildman–Crippen MR) is 129 cm³/mol. The van der Waals surface area contributed by atoms with Gasteiger partial charge in [0.2, 0.25) is 0 Å². The van der Waals surface area contributed by atoms with E-state index in [1.165, 1.54) is 36.6 Å². The van der Waals surface area contributed by atoms with Crippen molar-refractivity contribution in [3.63, 3.8) is 0 Å². The lowest BCUT2D eigenvalue weighted by molar-refractivity contribution is -0.118. The first-order chi connectivity index (χ1) is 16.6. The number of nitriles is 1. The molecule has 0 radical (unpaired) electrons. The van der Waals surface area contributed by atoms with Crippen molar-refractivity contribution in [2.45, 2.75) is 62.9 Å². The second-order valence-corrected chi connectivity index (χ2v) is 9.30. The van der Waals surface area contributed by atoms with Crippen LogP contribution in [0.3, 0.4) is 0 Å². The van der Waals surface area contributed by atoms with Crippen LogP contribution in [0.15, 0.2) is 30.1 Å². The highest BCUT2D eigenvalue weighted by Crippen LogP contribution is 2.39. The predicted octanol–water partition coefficient (Wildman–Crippen LogP) is 2.44. The number of nitrogens with one attached hydrogen (secondary N) is 4.